The standard InChI is InChI=1S/C14H9N3O4/c15-9-6-7(14(20)21)3-4-10(9)17-12(18)8-2-1-5-16-11(8)13(17)19/h1-6H,15H2,(H,20,21). The number of fused-ring (bicyclic) bond motifs is 1. The molecule has 2 heterocycles. The third-order valence-electron chi connectivity index (χ3n) is 3.16. The molecule has 3 rings (SSSR count). The van der Waals surface area contributed by atoms with Crippen LogP contribution in [0.4, 0.5) is 11.4 Å². The first-order valence-electron chi connectivity index (χ1n) is 5.97. The average Bonchev–Trinajstić information content (AvgIpc) is 2.72. The van der Waals surface area contributed by atoms with Crippen LogP contribution in [0.15, 0.2) is 36.5 Å². The highest BCUT2D eigenvalue weighted by atomic mass is 16.4. The number of nitrogens with zero attached hydrogens (tertiary/aromatic N) is 2. The summed E-state index contributed by atoms with van der Waals surface area (Å²) in [4.78, 5) is 40.2. The van der Waals surface area contributed by atoms with Crippen molar-refractivity contribution in [2.24, 2.45) is 0 Å². The van der Waals surface area contributed by atoms with Crippen LogP contribution in [0.1, 0.15) is 31.2 Å². The molecule has 0 saturated heterocycles. The number of aromatic carboxylic acids is 1. The summed E-state index contributed by atoms with van der Waals surface area (Å²) in [7, 11) is 0. The van der Waals surface area contributed by atoms with Crippen LogP contribution < -0.4 is 10.6 Å². The van der Waals surface area contributed by atoms with Crippen molar-refractivity contribution in [1.82, 2.24) is 4.98 Å². The highest BCUT2D eigenvalue weighted by Gasteiger charge is 2.38. The lowest BCUT2D eigenvalue weighted by atomic mass is 10.1. The second-order valence-corrected chi connectivity index (χ2v) is 4.42. The van der Waals surface area contributed by atoms with Gasteiger partial charge >= 0.3 is 5.97 Å². The number of nitrogen functional groups attached to an aromatic ring is 1. The van der Waals surface area contributed by atoms with Crippen molar-refractivity contribution in [2.45, 2.75) is 0 Å². The first-order chi connectivity index (χ1) is 10.0. The molecule has 0 fully saturated rings. The fourth-order valence-electron chi connectivity index (χ4n) is 2.18. The zero-order chi connectivity index (χ0) is 15.1. The van der Waals surface area contributed by atoms with Crippen molar-refractivity contribution in [1.29, 1.82) is 0 Å². The molecule has 1 aliphatic rings. The van der Waals surface area contributed by atoms with Crippen molar-refractivity contribution in [2.75, 3.05) is 10.6 Å². The molecule has 104 valence electrons. The molecular weight excluding hydrogens is 274 g/mol. The van der Waals surface area contributed by atoms with Gasteiger partial charge in [0.15, 0.2) is 0 Å². The summed E-state index contributed by atoms with van der Waals surface area (Å²) >= 11 is 0. The Bertz CT molecular complexity index is 766. The highest BCUT2D eigenvalue weighted by molar-refractivity contribution is 6.34. The summed E-state index contributed by atoms with van der Waals surface area (Å²) in [6, 6.07) is 6.88. The number of carbonyl (C=O) groups is 3. The van der Waals surface area contributed by atoms with Gasteiger partial charge in [-0.3, -0.25) is 14.6 Å². The molecule has 1 aromatic carbocycles. The number of nitrogens with two attached hydrogens (primary N) is 1. The molecule has 2 amide bonds. The number of imide groups is 1. The van der Waals surface area contributed by atoms with Crippen LogP contribution in [0.25, 0.3) is 0 Å². The Morgan fingerprint density at radius 3 is 2.57 bits per heavy atom. The van der Waals surface area contributed by atoms with Crippen molar-refractivity contribution < 1.29 is 19.5 Å². The zero-order valence-electron chi connectivity index (χ0n) is 10.6. The number of amides is 2. The van der Waals surface area contributed by atoms with Crippen molar-refractivity contribution in [3.8, 4) is 0 Å². The summed E-state index contributed by atoms with van der Waals surface area (Å²) in [5, 5.41) is 8.90. The van der Waals surface area contributed by atoms with Gasteiger partial charge < -0.3 is 10.8 Å². The minimum absolute atomic E-state index is 0.0222. The molecule has 2 aromatic rings. The third-order valence-corrected chi connectivity index (χ3v) is 3.16. The number of anilines is 2. The molecule has 1 aromatic heterocycles. The quantitative estimate of drug-likeness (QED) is 0.631. The maximum Gasteiger partial charge on any atom is 0.335 e. The smallest absolute Gasteiger partial charge is 0.335 e. The summed E-state index contributed by atoms with van der Waals surface area (Å²) in [5.74, 6) is -2.25. The van der Waals surface area contributed by atoms with Gasteiger partial charge in [-0.2, -0.15) is 0 Å². The molecule has 3 N–H and O–H groups in total. The van der Waals surface area contributed by atoms with E-state index in [4.69, 9.17) is 10.8 Å². The maximum absolute atomic E-state index is 12.3. The Hall–Kier alpha value is -3.22. The molecule has 7 nitrogen and oxygen atoms in total. The van der Waals surface area contributed by atoms with Gasteiger partial charge in [-0.1, -0.05) is 0 Å². The second-order valence-electron chi connectivity index (χ2n) is 4.42. The van der Waals surface area contributed by atoms with Crippen LogP contribution in [-0.2, 0) is 0 Å². The van der Waals surface area contributed by atoms with Crippen LogP contribution in [0.5, 0.6) is 0 Å². The largest absolute Gasteiger partial charge is 0.478 e. The number of hydrogen-bond acceptors (Lipinski definition) is 5. The van der Waals surface area contributed by atoms with E-state index in [0.717, 1.165) is 4.90 Å². The number of hydrogen-bond donors (Lipinski definition) is 2. The molecule has 1 aliphatic heterocycles. The number of pyridine rings is 1. The SMILES string of the molecule is Nc1cc(C(=O)O)ccc1N1C(=O)c2cccnc2C1=O. The Kier molecular flexibility index (Phi) is 2.69. The normalized spacial score (nSPS) is 13.4. The van der Waals surface area contributed by atoms with Crippen LogP contribution in [0, 0.1) is 0 Å². The molecule has 7 heteroatoms. The van der Waals surface area contributed by atoms with Crippen LogP contribution >= 0.6 is 0 Å². The zero-order valence-corrected chi connectivity index (χ0v) is 10.6. The summed E-state index contributed by atoms with van der Waals surface area (Å²) in [6.07, 6.45) is 1.42. The molecular formula is C14H9N3O4. The van der Waals surface area contributed by atoms with E-state index in [2.05, 4.69) is 4.98 Å². The van der Waals surface area contributed by atoms with Gasteiger partial charge in [-0.05, 0) is 30.3 Å². The van der Waals surface area contributed by atoms with E-state index >= 15 is 0 Å². The molecule has 21 heavy (non-hydrogen) atoms. The molecule has 0 unspecified atom stereocenters. The number of carboxylic acids is 1. The Morgan fingerprint density at radius 2 is 1.95 bits per heavy atom. The number of benzene rings is 1. The van der Waals surface area contributed by atoms with E-state index in [1.54, 1.807) is 6.07 Å². The van der Waals surface area contributed by atoms with E-state index in [9.17, 15) is 14.4 Å². The van der Waals surface area contributed by atoms with E-state index in [-0.39, 0.29) is 28.2 Å². The van der Waals surface area contributed by atoms with Crippen LogP contribution in [0.2, 0.25) is 0 Å². The maximum atomic E-state index is 12.3. The average molecular weight is 283 g/mol. The van der Waals surface area contributed by atoms with E-state index in [0.29, 0.717) is 0 Å². The topological polar surface area (TPSA) is 114 Å². The summed E-state index contributed by atoms with van der Waals surface area (Å²) < 4.78 is 0. The van der Waals surface area contributed by atoms with Gasteiger partial charge in [-0.25, -0.2) is 9.69 Å². The van der Waals surface area contributed by atoms with Crippen LogP contribution in [0.3, 0.4) is 0 Å². The fraction of sp³-hybridized carbons (Fsp3) is 0. The predicted octanol–water partition coefficient (Wildman–Crippen LogP) is 1.16. The molecule has 0 spiro atoms. The lowest BCUT2D eigenvalue weighted by Crippen LogP contribution is -2.30. The number of carbonyl (C=O) groups excluding carboxylic acids is 2. The Balaban J connectivity index is 2.09. The van der Waals surface area contributed by atoms with E-state index < -0.39 is 17.8 Å². The third kappa shape index (κ3) is 1.83. The first kappa shape index (κ1) is 12.8. The van der Waals surface area contributed by atoms with Gasteiger partial charge in [0, 0.05) is 6.20 Å². The van der Waals surface area contributed by atoms with Gasteiger partial charge in [0.25, 0.3) is 11.8 Å². The van der Waals surface area contributed by atoms with E-state index in [1.807, 2.05) is 0 Å². The Morgan fingerprint density at radius 1 is 1.19 bits per heavy atom. The molecule has 0 radical (unpaired) electrons. The number of aromatic nitrogens is 1. The Labute approximate surface area is 118 Å². The molecule has 0 atom stereocenters. The lowest BCUT2D eigenvalue weighted by molar-refractivity contribution is 0.0696. The number of rotatable bonds is 2. The molecule has 0 saturated carbocycles. The van der Waals surface area contributed by atoms with Crippen LogP contribution in [-0.4, -0.2) is 27.9 Å². The number of carboxylic acid groups (broad SMARTS) is 1. The predicted molar refractivity (Wildman–Crippen MR) is 73.2 cm³/mol. The monoisotopic (exact) mass is 283 g/mol. The van der Waals surface area contributed by atoms with Gasteiger partial charge in [0.05, 0.1) is 22.5 Å². The minimum atomic E-state index is -1.14. The first-order valence-corrected chi connectivity index (χ1v) is 5.97. The van der Waals surface area contributed by atoms with Gasteiger partial charge in [-0.15, -0.1) is 0 Å². The van der Waals surface area contributed by atoms with Gasteiger partial charge in [0.2, 0.25) is 0 Å². The summed E-state index contributed by atoms with van der Waals surface area (Å²) in [6.45, 7) is 0. The van der Waals surface area contributed by atoms with Gasteiger partial charge in [0.1, 0.15) is 5.69 Å². The minimum Gasteiger partial charge on any atom is -0.478 e. The van der Waals surface area contributed by atoms with Crippen molar-refractivity contribution >= 4 is 29.2 Å². The molecule has 0 aliphatic carbocycles. The highest BCUT2D eigenvalue weighted by Crippen LogP contribution is 2.31. The van der Waals surface area contributed by atoms with Crippen molar-refractivity contribution in [3.05, 3.63) is 53.3 Å². The lowest BCUT2D eigenvalue weighted by Gasteiger charge is -2.16. The fourth-order valence-corrected chi connectivity index (χ4v) is 2.18. The second kappa shape index (κ2) is 4.41. The van der Waals surface area contributed by atoms with E-state index in [1.165, 1.54) is 30.5 Å². The van der Waals surface area contributed by atoms with Crippen molar-refractivity contribution in [3.63, 3.8) is 0 Å². The molecule has 0 bridgehead atoms. The summed E-state index contributed by atoms with van der Waals surface area (Å²) in [5.41, 5.74) is 6.18.